The van der Waals surface area contributed by atoms with Crippen LogP contribution in [0.5, 0.6) is 0 Å². The zero-order valence-corrected chi connectivity index (χ0v) is 8.69. The summed E-state index contributed by atoms with van der Waals surface area (Å²) in [5.41, 5.74) is 0. The highest BCUT2D eigenvalue weighted by Gasteiger charge is 2.06. The molecular formula is C8H19NO2S. The number of hydrogen-bond donors (Lipinski definition) is 2. The van der Waals surface area contributed by atoms with Crippen molar-refractivity contribution in [2.24, 2.45) is 0 Å². The van der Waals surface area contributed by atoms with Crippen molar-refractivity contribution < 1.29 is 8.76 Å². The van der Waals surface area contributed by atoms with Crippen LogP contribution in [0.3, 0.4) is 0 Å². The second-order valence-corrected chi connectivity index (χ2v) is 3.70. The van der Waals surface area contributed by atoms with Crippen molar-refractivity contribution in [3.63, 3.8) is 0 Å². The molecule has 3 nitrogen and oxygen atoms in total. The lowest BCUT2D eigenvalue weighted by molar-refractivity contribution is 0.482. The van der Waals surface area contributed by atoms with E-state index in [9.17, 15) is 4.21 Å². The first-order valence-corrected chi connectivity index (χ1v) is 5.68. The third kappa shape index (κ3) is 6.76. The van der Waals surface area contributed by atoms with Gasteiger partial charge >= 0.3 is 0 Å². The van der Waals surface area contributed by atoms with E-state index in [4.69, 9.17) is 4.55 Å². The quantitative estimate of drug-likeness (QED) is 0.480. The summed E-state index contributed by atoms with van der Waals surface area (Å²) in [7, 11) is 0. The first kappa shape index (κ1) is 12.1. The Morgan fingerprint density at radius 2 is 2.08 bits per heavy atom. The Kier molecular flexibility index (Phi) is 7.75. The Bertz CT molecular complexity index is 130. The van der Waals surface area contributed by atoms with E-state index in [1.807, 2.05) is 6.92 Å². The molecule has 0 fully saturated rings. The number of hydrogen-bond acceptors (Lipinski definition) is 1. The summed E-state index contributed by atoms with van der Waals surface area (Å²) in [5.74, 6) is 0. The van der Waals surface area contributed by atoms with Gasteiger partial charge in [0.05, 0.1) is 0 Å². The van der Waals surface area contributed by atoms with E-state index >= 15 is 0 Å². The highest BCUT2D eigenvalue weighted by molar-refractivity contribution is 7.77. The molecule has 0 rings (SSSR count). The van der Waals surface area contributed by atoms with Gasteiger partial charge in [-0.15, -0.1) is 0 Å². The van der Waals surface area contributed by atoms with Gasteiger partial charge < -0.3 is 0 Å². The van der Waals surface area contributed by atoms with Gasteiger partial charge in [0.1, 0.15) is 0 Å². The molecule has 12 heavy (non-hydrogen) atoms. The van der Waals surface area contributed by atoms with Crippen molar-refractivity contribution in [1.82, 2.24) is 4.72 Å². The van der Waals surface area contributed by atoms with E-state index in [1.54, 1.807) is 0 Å². The van der Waals surface area contributed by atoms with Gasteiger partial charge in [0.2, 0.25) is 11.3 Å². The first-order chi connectivity index (χ1) is 5.70. The fourth-order valence-corrected chi connectivity index (χ4v) is 1.70. The Morgan fingerprint density at radius 3 is 2.50 bits per heavy atom. The average Bonchev–Trinajstić information content (AvgIpc) is 2.02. The summed E-state index contributed by atoms with van der Waals surface area (Å²) in [6, 6.07) is 0.197. The van der Waals surface area contributed by atoms with Crippen LogP contribution in [-0.4, -0.2) is 14.8 Å². The predicted molar refractivity (Wildman–Crippen MR) is 52.1 cm³/mol. The van der Waals surface area contributed by atoms with Crippen LogP contribution in [0.25, 0.3) is 0 Å². The maximum atomic E-state index is 10.4. The van der Waals surface area contributed by atoms with Crippen LogP contribution < -0.4 is 4.72 Å². The van der Waals surface area contributed by atoms with Crippen molar-refractivity contribution in [2.75, 3.05) is 0 Å². The molecule has 0 bridgehead atoms. The molecule has 0 saturated heterocycles. The van der Waals surface area contributed by atoms with Gasteiger partial charge in [-0.2, -0.15) is 0 Å². The van der Waals surface area contributed by atoms with Crippen LogP contribution in [0, 0.1) is 0 Å². The van der Waals surface area contributed by atoms with Crippen molar-refractivity contribution in [3.8, 4) is 0 Å². The van der Waals surface area contributed by atoms with Gasteiger partial charge in [-0.3, -0.25) is 4.55 Å². The number of rotatable bonds is 7. The molecule has 2 N–H and O–H groups in total. The van der Waals surface area contributed by atoms with Gasteiger partial charge in [0.25, 0.3) is 0 Å². The molecule has 2 unspecified atom stereocenters. The average molecular weight is 193 g/mol. The summed E-state index contributed by atoms with van der Waals surface area (Å²) in [4.78, 5) is 0. The molecule has 0 radical (unpaired) electrons. The third-order valence-electron chi connectivity index (χ3n) is 1.92. The minimum atomic E-state index is -1.85. The molecule has 0 aliphatic carbocycles. The highest BCUT2D eigenvalue weighted by atomic mass is 32.2. The van der Waals surface area contributed by atoms with Crippen molar-refractivity contribution in [2.45, 2.75) is 52.0 Å². The zero-order chi connectivity index (χ0) is 9.40. The molecule has 0 amide bonds. The van der Waals surface area contributed by atoms with E-state index in [-0.39, 0.29) is 6.04 Å². The Balaban J connectivity index is 3.46. The van der Waals surface area contributed by atoms with Crippen LogP contribution in [-0.2, 0) is 11.3 Å². The number of nitrogens with one attached hydrogen (secondary N) is 1. The van der Waals surface area contributed by atoms with Crippen molar-refractivity contribution in [3.05, 3.63) is 0 Å². The van der Waals surface area contributed by atoms with Gasteiger partial charge in [-0.25, -0.2) is 8.93 Å². The minimum absolute atomic E-state index is 0.197. The van der Waals surface area contributed by atoms with Gasteiger partial charge in [0, 0.05) is 6.04 Å². The van der Waals surface area contributed by atoms with Crippen molar-refractivity contribution in [1.29, 1.82) is 0 Å². The summed E-state index contributed by atoms with van der Waals surface area (Å²) < 4.78 is 21.6. The molecule has 4 heteroatoms. The first-order valence-electron chi connectivity index (χ1n) is 4.57. The normalized spacial score (nSPS) is 15.9. The zero-order valence-electron chi connectivity index (χ0n) is 7.88. The van der Waals surface area contributed by atoms with Gasteiger partial charge in [0.15, 0.2) is 0 Å². The molecule has 0 aromatic carbocycles. The van der Waals surface area contributed by atoms with Gasteiger partial charge in [-0.1, -0.05) is 33.1 Å². The second-order valence-electron chi connectivity index (χ2n) is 2.97. The molecule has 0 heterocycles. The summed E-state index contributed by atoms with van der Waals surface area (Å²) in [5, 5.41) is 0. The molecule has 74 valence electrons. The molecule has 0 aromatic heterocycles. The highest BCUT2D eigenvalue weighted by Crippen LogP contribution is 2.06. The Morgan fingerprint density at radius 1 is 1.42 bits per heavy atom. The van der Waals surface area contributed by atoms with Crippen LogP contribution in [0.15, 0.2) is 0 Å². The Labute approximate surface area is 77.4 Å². The van der Waals surface area contributed by atoms with E-state index < -0.39 is 11.3 Å². The monoisotopic (exact) mass is 193 g/mol. The summed E-state index contributed by atoms with van der Waals surface area (Å²) in [6.45, 7) is 4.18. The summed E-state index contributed by atoms with van der Waals surface area (Å²) >= 11 is -1.85. The lowest BCUT2D eigenvalue weighted by atomic mass is 10.1. The molecule has 0 aromatic rings. The van der Waals surface area contributed by atoms with E-state index in [2.05, 4.69) is 11.6 Å². The predicted octanol–water partition coefficient (Wildman–Crippen LogP) is 2.07. The fourth-order valence-electron chi connectivity index (χ4n) is 1.13. The largest absolute Gasteiger partial charge is 0.294 e. The van der Waals surface area contributed by atoms with E-state index in [0.717, 1.165) is 19.3 Å². The van der Waals surface area contributed by atoms with Crippen LogP contribution in [0.2, 0.25) is 0 Å². The molecular weight excluding hydrogens is 174 g/mol. The smallest absolute Gasteiger partial charge is 0.231 e. The van der Waals surface area contributed by atoms with Crippen LogP contribution >= 0.6 is 0 Å². The molecule has 2 atom stereocenters. The minimum Gasteiger partial charge on any atom is -0.294 e. The van der Waals surface area contributed by atoms with Crippen LogP contribution in [0.1, 0.15) is 46.0 Å². The fraction of sp³-hybridized carbons (Fsp3) is 1.00. The maximum Gasteiger partial charge on any atom is 0.231 e. The van der Waals surface area contributed by atoms with E-state index in [1.165, 1.54) is 12.8 Å². The van der Waals surface area contributed by atoms with Gasteiger partial charge in [-0.05, 0) is 12.8 Å². The molecule has 0 aliphatic heterocycles. The SMILES string of the molecule is CCCCCC(CC)NS(=O)O. The van der Waals surface area contributed by atoms with Crippen molar-refractivity contribution >= 4 is 11.3 Å². The second kappa shape index (κ2) is 7.71. The standard InChI is InChI=1S/C8H19NO2S/c1-3-5-6-7-8(4-2)9-12(10)11/h8-9H,3-7H2,1-2H3,(H,10,11). The molecule has 0 saturated carbocycles. The van der Waals surface area contributed by atoms with E-state index in [0.29, 0.717) is 0 Å². The molecule has 0 spiro atoms. The topological polar surface area (TPSA) is 49.3 Å². The number of unbranched alkanes of at least 4 members (excludes halogenated alkanes) is 2. The lowest BCUT2D eigenvalue weighted by Gasteiger charge is -2.12. The van der Waals surface area contributed by atoms with Crippen LogP contribution in [0.4, 0.5) is 0 Å². The summed E-state index contributed by atoms with van der Waals surface area (Å²) in [6.07, 6.45) is 5.45. The maximum absolute atomic E-state index is 10.4. The lowest BCUT2D eigenvalue weighted by Crippen LogP contribution is -2.29. The Hall–Kier alpha value is 0.0700. The third-order valence-corrected chi connectivity index (χ3v) is 2.45. The molecule has 0 aliphatic rings.